The van der Waals surface area contributed by atoms with E-state index in [2.05, 4.69) is 15.6 Å². The van der Waals surface area contributed by atoms with E-state index >= 15 is 0 Å². The molecule has 31 heavy (non-hydrogen) atoms. The number of aryl methyl sites for hydroxylation is 2. The Morgan fingerprint density at radius 3 is 2.84 bits per heavy atom. The Bertz CT molecular complexity index is 1220. The first-order valence-corrected chi connectivity index (χ1v) is 9.71. The highest BCUT2D eigenvalue weighted by molar-refractivity contribution is 6.03. The zero-order chi connectivity index (χ0) is 21.8. The van der Waals surface area contributed by atoms with Crippen LogP contribution in [-0.4, -0.2) is 20.8 Å². The number of carbonyl (C=O) groups is 1. The number of rotatable bonds is 7. The predicted molar refractivity (Wildman–Crippen MR) is 112 cm³/mol. The molecule has 0 atom stereocenters. The van der Waals surface area contributed by atoms with E-state index in [0.717, 1.165) is 16.9 Å². The molecule has 2 aromatic heterocycles. The van der Waals surface area contributed by atoms with Crippen molar-refractivity contribution in [3.63, 3.8) is 0 Å². The van der Waals surface area contributed by atoms with E-state index in [1.54, 1.807) is 23.9 Å². The smallest absolute Gasteiger partial charge is 0.278 e. The monoisotopic (exact) mass is 420 g/mol. The number of aromatic nitrogens is 3. The second-order valence-electron chi connectivity index (χ2n) is 7.13. The van der Waals surface area contributed by atoms with E-state index < -0.39 is 5.91 Å². The van der Waals surface area contributed by atoms with Crippen LogP contribution in [0.1, 0.15) is 32.9 Å². The first-order chi connectivity index (χ1) is 15.0. The third-order valence-corrected chi connectivity index (χ3v) is 4.79. The first kappa shape index (κ1) is 20.3. The van der Waals surface area contributed by atoms with Crippen LogP contribution in [0.3, 0.4) is 0 Å². The average Bonchev–Trinajstić information content (AvgIpc) is 3.33. The van der Waals surface area contributed by atoms with Crippen LogP contribution < -0.4 is 10.1 Å². The number of para-hydroxylation sites is 1. The van der Waals surface area contributed by atoms with Gasteiger partial charge >= 0.3 is 0 Å². The maximum atomic E-state index is 13.4. The van der Waals surface area contributed by atoms with Crippen LogP contribution in [0.15, 0.2) is 65.4 Å². The molecule has 0 spiro atoms. The lowest BCUT2D eigenvalue weighted by Crippen LogP contribution is -2.15. The van der Waals surface area contributed by atoms with Gasteiger partial charge in [0.15, 0.2) is 5.69 Å². The van der Waals surface area contributed by atoms with Crippen LogP contribution in [0, 0.1) is 19.7 Å². The number of nitrogens with one attached hydrogen (secondary N) is 1. The lowest BCUT2D eigenvalue weighted by molar-refractivity contribution is 0.101. The molecule has 1 amide bonds. The van der Waals surface area contributed by atoms with Crippen LogP contribution in [-0.2, 0) is 13.2 Å². The third-order valence-electron chi connectivity index (χ3n) is 4.79. The number of hydrogen-bond acceptors (Lipinski definition) is 5. The van der Waals surface area contributed by atoms with Gasteiger partial charge in [-0.05, 0) is 43.2 Å². The summed E-state index contributed by atoms with van der Waals surface area (Å²) in [5.41, 5.74) is 2.99. The summed E-state index contributed by atoms with van der Waals surface area (Å²) < 4.78 is 26.0. The summed E-state index contributed by atoms with van der Waals surface area (Å²) in [6.45, 7) is 4.22. The number of benzene rings is 2. The van der Waals surface area contributed by atoms with Gasteiger partial charge in [0.05, 0.1) is 24.0 Å². The third kappa shape index (κ3) is 4.80. The molecule has 158 valence electrons. The summed E-state index contributed by atoms with van der Waals surface area (Å²) in [6.07, 6.45) is 3.19. The summed E-state index contributed by atoms with van der Waals surface area (Å²) in [5, 5.41) is 10.9. The summed E-state index contributed by atoms with van der Waals surface area (Å²) in [6, 6.07) is 13.9. The highest BCUT2D eigenvalue weighted by atomic mass is 19.1. The maximum absolute atomic E-state index is 13.4. The van der Waals surface area contributed by atoms with E-state index in [-0.39, 0.29) is 18.1 Å². The van der Waals surface area contributed by atoms with Crippen LogP contribution in [0.25, 0.3) is 0 Å². The lowest BCUT2D eigenvalue weighted by Gasteiger charge is -2.09. The van der Waals surface area contributed by atoms with Crippen molar-refractivity contribution in [2.75, 3.05) is 5.32 Å². The molecule has 8 heteroatoms. The summed E-state index contributed by atoms with van der Waals surface area (Å²) in [5.74, 6) is 0.513. The molecule has 0 aliphatic rings. The molecule has 4 rings (SSSR count). The van der Waals surface area contributed by atoms with Crippen molar-refractivity contribution in [2.24, 2.45) is 0 Å². The summed E-state index contributed by atoms with van der Waals surface area (Å²) in [7, 11) is 0. The Kier molecular flexibility index (Phi) is 5.79. The number of halogens is 1. The quantitative estimate of drug-likeness (QED) is 0.476. The van der Waals surface area contributed by atoms with Crippen molar-refractivity contribution in [1.82, 2.24) is 14.9 Å². The summed E-state index contributed by atoms with van der Waals surface area (Å²) in [4.78, 5) is 12.8. The van der Waals surface area contributed by atoms with Crippen molar-refractivity contribution in [3.05, 3.63) is 94.9 Å². The molecule has 7 nitrogen and oxygen atoms in total. The van der Waals surface area contributed by atoms with Crippen LogP contribution in [0.2, 0.25) is 0 Å². The largest absolute Gasteiger partial charge is 0.488 e. The van der Waals surface area contributed by atoms with Gasteiger partial charge in [-0.25, -0.2) is 4.39 Å². The zero-order valence-electron chi connectivity index (χ0n) is 17.1. The Balaban J connectivity index is 1.43. The Morgan fingerprint density at radius 1 is 1.19 bits per heavy atom. The zero-order valence-corrected chi connectivity index (χ0v) is 17.1. The molecule has 0 aliphatic heterocycles. The highest BCUT2D eigenvalue weighted by Crippen LogP contribution is 2.21. The summed E-state index contributed by atoms with van der Waals surface area (Å²) >= 11 is 0. The van der Waals surface area contributed by atoms with Gasteiger partial charge in [-0.3, -0.25) is 9.48 Å². The fourth-order valence-corrected chi connectivity index (χ4v) is 3.14. The molecular weight excluding hydrogens is 399 g/mol. The fraction of sp³-hybridized carbons (Fsp3) is 0.174. The van der Waals surface area contributed by atoms with Gasteiger partial charge in [0.1, 0.15) is 23.9 Å². The van der Waals surface area contributed by atoms with E-state index in [1.165, 1.54) is 18.3 Å². The standard InChI is InChI=1S/C23H21FN4O3/c1-15-6-3-4-9-21(15)30-14-20-16(2)31-27-22(20)23(29)26-19-11-25-28(13-19)12-17-7-5-8-18(24)10-17/h3-11,13H,12,14H2,1-2H3,(H,26,29). The Morgan fingerprint density at radius 2 is 2.03 bits per heavy atom. The van der Waals surface area contributed by atoms with Gasteiger partial charge < -0.3 is 14.6 Å². The van der Waals surface area contributed by atoms with Gasteiger partial charge in [0.2, 0.25) is 0 Å². The van der Waals surface area contributed by atoms with E-state index in [4.69, 9.17) is 9.26 Å². The number of carbonyl (C=O) groups excluding carboxylic acids is 1. The molecule has 4 aromatic rings. The number of hydrogen-bond donors (Lipinski definition) is 1. The second-order valence-corrected chi connectivity index (χ2v) is 7.13. The van der Waals surface area contributed by atoms with Gasteiger partial charge in [0, 0.05) is 6.20 Å². The SMILES string of the molecule is Cc1ccccc1OCc1c(C(=O)Nc2cnn(Cc3cccc(F)c3)c2)noc1C. The molecule has 0 fully saturated rings. The van der Waals surface area contributed by atoms with Crippen molar-refractivity contribution >= 4 is 11.6 Å². The lowest BCUT2D eigenvalue weighted by atomic mass is 10.2. The van der Waals surface area contributed by atoms with Gasteiger partial charge in [-0.1, -0.05) is 35.5 Å². The normalized spacial score (nSPS) is 10.8. The maximum Gasteiger partial charge on any atom is 0.278 e. The van der Waals surface area contributed by atoms with Crippen molar-refractivity contribution < 1.29 is 18.4 Å². The molecule has 0 unspecified atom stereocenters. The molecule has 0 radical (unpaired) electrons. The Hall–Kier alpha value is -3.94. The minimum atomic E-state index is -0.425. The average molecular weight is 420 g/mol. The molecule has 0 saturated heterocycles. The molecule has 0 saturated carbocycles. The number of anilines is 1. The predicted octanol–water partition coefficient (Wildman–Crippen LogP) is 4.51. The minimum absolute atomic E-state index is 0.155. The molecular formula is C23H21FN4O3. The number of amides is 1. The number of ether oxygens (including phenoxy) is 1. The molecule has 2 heterocycles. The minimum Gasteiger partial charge on any atom is -0.488 e. The van der Waals surface area contributed by atoms with Crippen molar-refractivity contribution in [2.45, 2.75) is 27.0 Å². The second kappa shape index (κ2) is 8.83. The molecule has 2 aromatic carbocycles. The molecule has 0 bridgehead atoms. The van der Waals surface area contributed by atoms with Crippen LogP contribution in [0.5, 0.6) is 5.75 Å². The van der Waals surface area contributed by atoms with Crippen LogP contribution >= 0.6 is 0 Å². The van der Waals surface area contributed by atoms with Crippen molar-refractivity contribution in [1.29, 1.82) is 0 Å². The molecule has 1 N–H and O–H groups in total. The van der Waals surface area contributed by atoms with E-state index in [9.17, 15) is 9.18 Å². The Labute approximate surface area is 178 Å². The van der Waals surface area contributed by atoms with Crippen molar-refractivity contribution in [3.8, 4) is 5.75 Å². The van der Waals surface area contributed by atoms with Gasteiger partial charge in [0.25, 0.3) is 5.91 Å². The molecule has 0 aliphatic carbocycles. The van der Waals surface area contributed by atoms with E-state index in [0.29, 0.717) is 23.6 Å². The van der Waals surface area contributed by atoms with Gasteiger partial charge in [-0.15, -0.1) is 0 Å². The van der Waals surface area contributed by atoms with E-state index in [1.807, 2.05) is 37.3 Å². The van der Waals surface area contributed by atoms with Crippen LogP contribution in [0.4, 0.5) is 10.1 Å². The fourth-order valence-electron chi connectivity index (χ4n) is 3.14. The highest BCUT2D eigenvalue weighted by Gasteiger charge is 2.21. The topological polar surface area (TPSA) is 82.2 Å². The first-order valence-electron chi connectivity index (χ1n) is 9.71. The van der Waals surface area contributed by atoms with Gasteiger partial charge in [-0.2, -0.15) is 5.10 Å². The number of nitrogens with zero attached hydrogens (tertiary/aromatic N) is 3.